The van der Waals surface area contributed by atoms with Crippen molar-refractivity contribution in [3.63, 3.8) is 0 Å². The number of rotatable bonds is 3. The van der Waals surface area contributed by atoms with Gasteiger partial charge in [-0.15, -0.1) is 0 Å². The van der Waals surface area contributed by atoms with E-state index in [2.05, 4.69) is 53.3 Å². The molecule has 4 rings (SSSR count). The van der Waals surface area contributed by atoms with Gasteiger partial charge in [0, 0.05) is 48.8 Å². The molecule has 0 spiro atoms. The number of benzene rings is 1. The van der Waals surface area contributed by atoms with Gasteiger partial charge in [0.2, 0.25) is 0 Å². The molecule has 1 aromatic heterocycles. The molecule has 0 unspecified atom stereocenters. The van der Waals surface area contributed by atoms with Crippen LogP contribution >= 0.6 is 0 Å². The SMILES string of the molecule is CCc1[nH]nc(C(=O)N2CC[C@@H](O)[C@@H]3[C@@H](C2)N(C)C[C@H]3c2ccccc2)c1C. The van der Waals surface area contributed by atoms with Gasteiger partial charge in [0.1, 0.15) is 0 Å². The molecule has 150 valence electrons. The zero-order chi connectivity index (χ0) is 19.8. The number of carbonyl (C=O) groups is 1. The Balaban J connectivity index is 1.59. The molecule has 2 saturated heterocycles. The molecule has 2 aromatic rings. The van der Waals surface area contributed by atoms with Crippen molar-refractivity contribution < 1.29 is 9.90 Å². The summed E-state index contributed by atoms with van der Waals surface area (Å²) in [6.45, 7) is 6.11. The maximum atomic E-state index is 13.2. The number of nitrogens with one attached hydrogen (secondary N) is 1. The molecule has 4 atom stereocenters. The van der Waals surface area contributed by atoms with E-state index in [1.54, 1.807) is 0 Å². The molecule has 0 saturated carbocycles. The van der Waals surface area contributed by atoms with Crippen LogP contribution in [0.3, 0.4) is 0 Å². The molecule has 2 aliphatic heterocycles. The van der Waals surface area contributed by atoms with Gasteiger partial charge in [-0.2, -0.15) is 5.10 Å². The second-order valence-corrected chi connectivity index (χ2v) is 8.24. The van der Waals surface area contributed by atoms with Crippen molar-refractivity contribution in [2.75, 3.05) is 26.7 Å². The normalized spacial score (nSPS) is 28.2. The van der Waals surface area contributed by atoms with Crippen LogP contribution in [0.1, 0.15) is 46.6 Å². The van der Waals surface area contributed by atoms with Crippen LogP contribution in [0.2, 0.25) is 0 Å². The third-order valence-electron chi connectivity index (χ3n) is 6.69. The Hall–Kier alpha value is -2.18. The van der Waals surface area contributed by atoms with E-state index < -0.39 is 6.10 Å². The van der Waals surface area contributed by atoms with Gasteiger partial charge >= 0.3 is 0 Å². The Kier molecular flexibility index (Phi) is 5.25. The molecule has 0 bridgehead atoms. The Labute approximate surface area is 166 Å². The van der Waals surface area contributed by atoms with Crippen molar-refractivity contribution in [1.29, 1.82) is 0 Å². The van der Waals surface area contributed by atoms with Crippen molar-refractivity contribution in [1.82, 2.24) is 20.0 Å². The molecular weight excluding hydrogens is 352 g/mol. The lowest BCUT2D eigenvalue weighted by atomic mass is 9.81. The maximum Gasteiger partial charge on any atom is 0.274 e. The second kappa shape index (κ2) is 7.68. The van der Waals surface area contributed by atoms with E-state index in [9.17, 15) is 9.90 Å². The first-order valence-electron chi connectivity index (χ1n) is 10.3. The number of nitrogens with zero attached hydrogens (tertiary/aromatic N) is 3. The Morgan fingerprint density at radius 2 is 2.04 bits per heavy atom. The molecule has 1 aromatic carbocycles. The summed E-state index contributed by atoms with van der Waals surface area (Å²) >= 11 is 0. The smallest absolute Gasteiger partial charge is 0.274 e. The topological polar surface area (TPSA) is 72.5 Å². The highest BCUT2D eigenvalue weighted by atomic mass is 16.3. The standard InChI is InChI=1S/C22H30N4O2/c1-4-17-14(2)21(24-23-17)22(28)26-11-10-19(27)20-16(12-25(3)18(20)13-26)15-8-6-5-7-9-15/h5-9,16,18-20,27H,4,10-13H2,1-3H3,(H,23,24)/t16-,18+,19+,20-/m0/s1. The summed E-state index contributed by atoms with van der Waals surface area (Å²) in [6, 6.07) is 10.6. The fraction of sp³-hybridized carbons (Fsp3) is 0.545. The van der Waals surface area contributed by atoms with E-state index in [0.29, 0.717) is 31.1 Å². The first-order chi connectivity index (χ1) is 13.5. The number of aliphatic hydroxyl groups excluding tert-OH is 1. The molecule has 2 N–H and O–H groups in total. The van der Waals surface area contributed by atoms with E-state index >= 15 is 0 Å². The molecule has 0 aliphatic carbocycles. The number of aryl methyl sites for hydroxylation is 1. The molecule has 0 radical (unpaired) electrons. The van der Waals surface area contributed by atoms with Crippen molar-refractivity contribution >= 4 is 5.91 Å². The fourth-order valence-electron chi connectivity index (χ4n) is 5.06. The van der Waals surface area contributed by atoms with Crippen LogP contribution < -0.4 is 0 Å². The number of hydrogen-bond acceptors (Lipinski definition) is 4. The summed E-state index contributed by atoms with van der Waals surface area (Å²) in [4.78, 5) is 17.4. The van der Waals surface area contributed by atoms with Crippen LogP contribution in [0, 0.1) is 12.8 Å². The fourth-order valence-corrected chi connectivity index (χ4v) is 5.06. The van der Waals surface area contributed by atoms with Gasteiger partial charge in [-0.1, -0.05) is 37.3 Å². The summed E-state index contributed by atoms with van der Waals surface area (Å²) in [6.07, 6.45) is 1.02. The van der Waals surface area contributed by atoms with E-state index in [4.69, 9.17) is 0 Å². The lowest BCUT2D eigenvalue weighted by Gasteiger charge is -2.29. The number of fused-ring (bicyclic) bond motifs is 1. The van der Waals surface area contributed by atoms with E-state index in [0.717, 1.165) is 24.2 Å². The van der Waals surface area contributed by atoms with Crippen molar-refractivity contribution in [2.45, 2.75) is 44.8 Å². The number of likely N-dealkylation sites (N-methyl/N-ethyl adjacent to an activating group) is 1. The summed E-state index contributed by atoms with van der Waals surface area (Å²) in [5.41, 5.74) is 3.75. The van der Waals surface area contributed by atoms with Gasteiger partial charge < -0.3 is 14.9 Å². The number of aromatic amines is 1. The summed E-state index contributed by atoms with van der Waals surface area (Å²) in [5.74, 6) is 0.398. The van der Waals surface area contributed by atoms with Crippen LogP contribution in [0.5, 0.6) is 0 Å². The number of amides is 1. The van der Waals surface area contributed by atoms with Gasteiger partial charge in [0.05, 0.1) is 6.10 Å². The summed E-state index contributed by atoms with van der Waals surface area (Å²) in [7, 11) is 2.11. The minimum Gasteiger partial charge on any atom is -0.393 e. The maximum absolute atomic E-state index is 13.2. The van der Waals surface area contributed by atoms with E-state index in [-0.39, 0.29) is 17.9 Å². The number of likely N-dealkylation sites (tertiary alicyclic amines) is 2. The Morgan fingerprint density at radius 3 is 2.71 bits per heavy atom. The van der Waals surface area contributed by atoms with Crippen LogP contribution in [0.4, 0.5) is 0 Å². The number of hydrogen-bond donors (Lipinski definition) is 2. The Morgan fingerprint density at radius 1 is 1.29 bits per heavy atom. The highest BCUT2D eigenvalue weighted by Crippen LogP contribution is 2.41. The quantitative estimate of drug-likeness (QED) is 0.854. The van der Waals surface area contributed by atoms with E-state index in [1.165, 1.54) is 5.56 Å². The van der Waals surface area contributed by atoms with Crippen molar-refractivity contribution in [2.24, 2.45) is 5.92 Å². The van der Waals surface area contributed by atoms with Gasteiger partial charge in [-0.3, -0.25) is 9.89 Å². The predicted octanol–water partition coefficient (Wildman–Crippen LogP) is 2.20. The van der Waals surface area contributed by atoms with E-state index in [1.807, 2.05) is 17.9 Å². The predicted molar refractivity (Wildman–Crippen MR) is 108 cm³/mol. The molecule has 2 fully saturated rings. The molecule has 6 heteroatoms. The molecular formula is C22H30N4O2. The number of aromatic nitrogens is 2. The van der Waals surface area contributed by atoms with Crippen molar-refractivity contribution in [3.05, 3.63) is 52.8 Å². The molecule has 2 aliphatic rings. The largest absolute Gasteiger partial charge is 0.393 e. The summed E-state index contributed by atoms with van der Waals surface area (Å²) < 4.78 is 0. The monoisotopic (exact) mass is 382 g/mol. The highest BCUT2D eigenvalue weighted by Gasteiger charge is 2.47. The zero-order valence-electron chi connectivity index (χ0n) is 16.9. The van der Waals surface area contributed by atoms with Gasteiger partial charge in [-0.05, 0) is 32.4 Å². The number of aliphatic hydroxyl groups is 1. The first kappa shape index (κ1) is 19.2. The lowest BCUT2D eigenvalue weighted by Crippen LogP contribution is -2.43. The molecule has 3 heterocycles. The van der Waals surface area contributed by atoms with Crippen molar-refractivity contribution in [3.8, 4) is 0 Å². The summed E-state index contributed by atoms with van der Waals surface area (Å²) in [5, 5.41) is 18.3. The third kappa shape index (κ3) is 3.25. The zero-order valence-corrected chi connectivity index (χ0v) is 16.9. The highest BCUT2D eigenvalue weighted by molar-refractivity contribution is 5.94. The second-order valence-electron chi connectivity index (χ2n) is 8.24. The minimum atomic E-state index is -0.413. The lowest BCUT2D eigenvalue weighted by molar-refractivity contribution is 0.0716. The average molecular weight is 383 g/mol. The van der Waals surface area contributed by atoms with Gasteiger partial charge in [0.25, 0.3) is 5.91 Å². The minimum absolute atomic E-state index is 0.0298. The average Bonchev–Trinajstić information content (AvgIpc) is 3.18. The van der Waals surface area contributed by atoms with Crippen LogP contribution in [-0.4, -0.2) is 69.8 Å². The van der Waals surface area contributed by atoms with Crippen LogP contribution in [0.25, 0.3) is 0 Å². The number of H-pyrrole nitrogens is 1. The Bertz CT molecular complexity index is 834. The van der Waals surface area contributed by atoms with Gasteiger partial charge in [-0.25, -0.2) is 0 Å². The molecule has 28 heavy (non-hydrogen) atoms. The molecule has 6 nitrogen and oxygen atoms in total. The first-order valence-corrected chi connectivity index (χ1v) is 10.3. The number of carbonyl (C=O) groups excluding carboxylic acids is 1. The molecule has 1 amide bonds. The van der Waals surface area contributed by atoms with Crippen LogP contribution in [0.15, 0.2) is 30.3 Å². The van der Waals surface area contributed by atoms with Crippen LogP contribution in [-0.2, 0) is 6.42 Å². The third-order valence-corrected chi connectivity index (χ3v) is 6.69. The van der Waals surface area contributed by atoms with Gasteiger partial charge in [0.15, 0.2) is 5.69 Å².